The summed E-state index contributed by atoms with van der Waals surface area (Å²) in [4.78, 5) is 12.2. The monoisotopic (exact) mass is 259 g/mol. The van der Waals surface area contributed by atoms with Crippen molar-refractivity contribution in [2.45, 2.75) is 63.8 Å². The largest absolute Gasteiger partial charge is 0.353 e. The Bertz CT molecular complexity index is 405. The van der Waals surface area contributed by atoms with Crippen molar-refractivity contribution in [1.82, 2.24) is 5.32 Å². The van der Waals surface area contributed by atoms with Gasteiger partial charge in [0.25, 0.3) is 0 Å². The van der Waals surface area contributed by atoms with Gasteiger partial charge in [-0.15, -0.1) is 0 Å². The zero-order valence-corrected chi connectivity index (χ0v) is 12.1. The molecule has 19 heavy (non-hydrogen) atoms. The van der Waals surface area contributed by atoms with Crippen LogP contribution in [0.25, 0.3) is 0 Å². The van der Waals surface area contributed by atoms with Gasteiger partial charge in [0.15, 0.2) is 0 Å². The van der Waals surface area contributed by atoms with Crippen molar-refractivity contribution in [3.63, 3.8) is 0 Å². The van der Waals surface area contributed by atoms with Gasteiger partial charge in [-0.3, -0.25) is 4.79 Å². The summed E-state index contributed by atoms with van der Waals surface area (Å²) in [6.45, 7) is 4.28. The van der Waals surface area contributed by atoms with Crippen molar-refractivity contribution in [1.29, 1.82) is 0 Å². The molecule has 2 rings (SSSR count). The molecule has 2 heteroatoms. The van der Waals surface area contributed by atoms with Gasteiger partial charge in [0, 0.05) is 12.5 Å². The first-order valence-corrected chi connectivity index (χ1v) is 7.43. The van der Waals surface area contributed by atoms with Crippen LogP contribution in [0.3, 0.4) is 0 Å². The summed E-state index contributed by atoms with van der Waals surface area (Å²) in [5.74, 6) is 0.195. The first-order valence-electron chi connectivity index (χ1n) is 7.43. The SMILES string of the molecule is CC(C)(CC(=O)NC1CCCCC1)c1ccccc1. The van der Waals surface area contributed by atoms with Crippen LogP contribution >= 0.6 is 0 Å². The summed E-state index contributed by atoms with van der Waals surface area (Å²) in [5, 5.41) is 3.21. The van der Waals surface area contributed by atoms with Crippen molar-refractivity contribution >= 4 is 5.91 Å². The molecule has 2 nitrogen and oxygen atoms in total. The molecule has 1 aromatic carbocycles. The maximum absolute atomic E-state index is 12.2. The van der Waals surface area contributed by atoms with Gasteiger partial charge in [-0.05, 0) is 23.8 Å². The lowest BCUT2D eigenvalue weighted by Crippen LogP contribution is -2.39. The van der Waals surface area contributed by atoms with Gasteiger partial charge in [0.1, 0.15) is 0 Å². The van der Waals surface area contributed by atoms with E-state index in [4.69, 9.17) is 0 Å². The second kappa shape index (κ2) is 6.23. The van der Waals surface area contributed by atoms with Crippen LogP contribution < -0.4 is 5.32 Å². The number of benzene rings is 1. The summed E-state index contributed by atoms with van der Waals surface area (Å²) in [6, 6.07) is 10.7. The van der Waals surface area contributed by atoms with Crippen molar-refractivity contribution in [2.75, 3.05) is 0 Å². The Kier molecular flexibility index (Phi) is 4.62. The van der Waals surface area contributed by atoms with Gasteiger partial charge in [0.2, 0.25) is 5.91 Å². The number of rotatable bonds is 4. The van der Waals surface area contributed by atoms with E-state index in [1.54, 1.807) is 0 Å². The van der Waals surface area contributed by atoms with E-state index in [0.29, 0.717) is 12.5 Å². The molecular weight excluding hydrogens is 234 g/mol. The first-order chi connectivity index (χ1) is 9.08. The fourth-order valence-corrected chi connectivity index (χ4v) is 2.92. The molecule has 1 aliphatic carbocycles. The van der Waals surface area contributed by atoms with Crippen LogP contribution in [0, 0.1) is 0 Å². The van der Waals surface area contributed by atoms with Gasteiger partial charge in [-0.25, -0.2) is 0 Å². The smallest absolute Gasteiger partial charge is 0.221 e. The van der Waals surface area contributed by atoms with Crippen LogP contribution in [0.5, 0.6) is 0 Å². The minimum Gasteiger partial charge on any atom is -0.353 e. The first kappa shape index (κ1) is 14.1. The van der Waals surface area contributed by atoms with E-state index in [2.05, 4.69) is 31.3 Å². The van der Waals surface area contributed by atoms with Crippen LogP contribution in [-0.2, 0) is 10.2 Å². The van der Waals surface area contributed by atoms with Crippen LogP contribution in [0.15, 0.2) is 30.3 Å². The number of hydrogen-bond acceptors (Lipinski definition) is 1. The van der Waals surface area contributed by atoms with E-state index in [9.17, 15) is 4.79 Å². The Morgan fingerprint density at radius 2 is 1.79 bits per heavy atom. The number of nitrogens with one attached hydrogen (secondary N) is 1. The molecule has 0 atom stereocenters. The third-order valence-electron chi connectivity index (χ3n) is 4.13. The maximum atomic E-state index is 12.2. The molecule has 0 saturated heterocycles. The zero-order chi connectivity index (χ0) is 13.7. The predicted molar refractivity (Wildman–Crippen MR) is 79.1 cm³/mol. The molecule has 1 aromatic rings. The molecule has 0 spiro atoms. The molecule has 1 N–H and O–H groups in total. The lowest BCUT2D eigenvalue weighted by atomic mass is 9.81. The molecule has 104 valence electrons. The fraction of sp³-hybridized carbons (Fsp3) is 0.588. The number of hydrogen-bond donors (Lipinski definition) is 1. The van der Waals surface area contributed by atoms with Gasteiger partial charge >= 0.3 is 0 Å². The average molecular weight is 259 g/mol. The quantitative estimate of drug-likeness (QED) is 0.875. The topological polar surface area (TPSA) is 29.1 Å². The maximum Gasteiger partial charge on any atom is 0.221 e. The molecular formula is C17H25NO. The Morgan fingerprint density at radius 3 is 2.42 bits per heavy atom. The Morgan fingerprint density at radius 1 is 1.16 bits per heavy atom. The zero-order valence-electron chi connectivity index (χ0n) is 12.1. The molecule has 0 bridgehead atoms. The molecule has 0 unspecified atom stereocenters. The van der Waals surface area contributed by atoms with Crippen LogP contribution in [0.2, 0.25) is 0 Å². The minimum absolute atomic E-state index is 0.0972. The third-order valence-corrected chi connectivity index (χ3v) is 4.13. The van der Waals surface area contributed by atoms with Crippen LogP contribution in [0.1, 0.15) is 57.9 Å². The molecule has 1 aliphatic rings. The molecule has 0 aliphatic heterocycles. The van der Waals surface area contributed by atoms with E-state index in [0.717, 1.165) is 12.8 Å². The summed E-state index contributed by atoms with van der Waals surface area (Å²) in [5.41, 5.74) is 1.13. The fourth-order valence-electron chi connectivity index (χ4n) is 2.92. The van der Waals surface area contributed by atoms with Crippen molar-refractivity contribution in [3.8, 4) is 0 Å². The van der Waals surface area contributed by atoms with Crippen molar-refractivity contribution < 1.29 is 4.79 Å². The Hall–Kier alpha value is -1.31. The van der Waals surface area contributed by atoms with Gasteiger partial charge in [-0.1, -0.05) is 63.4 Å². The highest BCUT2D eigenvalue weighted by molar-refractivity contribution is 5.77. The van der Waals surface area contributed by atoms with E-state index in [1.807, 2.05) is 18.2 Å². The summed E-state index contributed by atoms with van der Waals surface area (Å²) < 4.78 is 0. The van der Waals surface area contributed by atoms with E-state index >= 15 is 0 Å². The van der Waals surface area contributed by atoms with Crippen molar-refractivity contribution in [3.05, 3.63) is 35.9 Å². The normalized spacial score (nSPS) is 17.2. The second-order valence-corrected chi connectivity index (χ2v) is 6.33. The van der Waals surface area contributed by atoms with Gasteiger partial charge in [-0.2, -0.15) is 0 Å². The lowest BCUT2D eigenvalue weighted by molar-refractivity contribution is -0.123. The standard InChI is InChI=1S/C17H25NO/c1-17(2,14-9-5-3-6-10-14)13-16(19)18-15-11-7-4-8-12-15/h3,5-6,9-10,15H,4,7-8,11-13H2,1-2H3,(H,18,19). The van der Waals surface area contributed by atoms with E-state index < -0.39 is 0 Å². The molecule has 1 amide bonds. The second-order valence-electron chi connectivity index (χ2n) is 6.33. The van der Waals surface area contributed by atoms with E-state index in [1.165, 1.54) is 24.8 Å². The number of carbonyl (C=O) groups is 1. The molecule has 0 aromatic heterocycles. The Labute approximate surface area is 116 Å². The van der Waals surface area contributed by atoms with Gasteiger partial charge in [0.05, 0.1) is 0 Å². The highest BCUT2D eigenvalue weighted by atomic mass is 16.1. The summed E-state index contributed by atoms with van der Waals surface area (Å²) in [6.07, 6.45) is 6.70. The summed E-state index contributed by atoms with van der Waals surface area (Å²) >= 11 is 0. The predicted octanol–water partition coefficient (Wildman–Crippen LogP) is 3.80. The van der Waals surface area contributed by atoms with Gasteiger partial charge < -0.3 is 5.32 Å². The van der Waals surface area contributed by atoms with Crippen LogP contribution in [0.4, 0.5) is 0 Å². The Balaban J connectivity index is 1.90. The molecule has 1 saturated carbocycles. The summed E-state index contributed by atoms with van der Waals surface area (Å²) in [7, 11) is 0. The molecule has 0 heterocycles. The highest BCUT2D eigenvalue weighted by Crippen LogP contribution is 2.27. The molecule has 0 radical (unpaired) electrons. The van der Waals surface area contributed by atoms with E-state index in [-0.39, 0.29) is 11.3 Å². The number of amides is 1. The minimum atomic E-state index is -0.0972. The van der Waals surface area contributed by atoms with Crippen molar-refractivity contribution in [2.24, 2.45) is 0 Å². The van der Waals surface area contributed by atoms with Crippen LogP contribution in [-0.4, -0.2) is 11.9 Å². The lowest BCUT2D eigenvalue weighted by Gasteiger charge is -2.28. The number of carbonyl (C=O) groups excluding carboxylic acids is 1. The highest BCUT2D eigenvalue weighted by Gasteiger charge is 2.25. The third kappa shape index (κ3) is 4.09. The average Bonchev–Trinajstić information content (AvgIpc) is 2.40. The molecule has 1 fully saturated rings.